The van der Waals surface area contributed by atoms with Crippen molar-refractivity contribution in [1.82, 2.24) is 9.80 Å². The van der Waals surface area contributed by atoms with Gasteiger partial charge < -0.3 is 19.3 Å². The monoisotopic (exact) mass is 334 g/mol. The highest BCUT2D eigenvalue weighted by molar-refractivity contribution is 5.67. The number of benzene rings is 1. The molecule has 0 aromatic heterocycles. The third-order valence-corrected chi connectivity index (χ3v) is 4.23. The van der Waals surface area contributed by atoms with E-state index in [0.29, 0.717) is 12.5 Å². The molecule has 0 bridgehead atoms. The maximum atomic E-state index is 12.2. The molecule has 1 aromatic carbocycles. The number of piperidine rings is 1. The lowest BCUT2D eigenvalue weighted by Gasteiger charge is -2.32. The van der Waals surface area contributed by atoms with E-state index in [1.807, 2.05) is 35.2 Å². The first-order valence-corrected chi connectivity index (χ1v) is 8.83. The van der Waals surface area contributed by atoms with Gasteiger partial charge in [0.25, 0.3) is 0 Å². The van der Waals surface area contributed by atoms with Gasteiger partial charge >= 0.3 is 6.09 Å². The molecule has 1 heterocycles. The van der Waals surface area contributed by atoms with Gasteiger partial charge in [0.15, 0.2) is 0 Å². The molecule has 1 amide bonds. The minimum Gasteiger partial charge on any atom is -0.445 e. The molecule has 1 fully saturated rings. The molecule has 0 aliphatic carbocycles. The zero-order valence-corrected chi connectivity index (χ0v) is 14.9. The maximum absolute atomic E-state index is 12.2. The summed E-state index contributed by atoms with van der Waals surface area (Å²) in [7, 11) is 4.14. The molecule has 24 heavy (non-hydrogen) atoms. The van der Waals surface area contributed by atoms with Gasteiger partial charge in [-0.2, -0.15) is 0 Å². The van der Waals surface area contributed by atoms with E-state index in [2.05, 4.69) is 19.0 Å². The molecule has 0 saturated carbocycles. The van der Waals surface area contributed by atoms with E-state index in [1.165, 1.54) is 0 Å². The summed E-state index contributed by atoms with van der Waals surface area (Å²) in [6.07, 6.45) is 2.97. The largest absolute Gasteiger partial charge is 0.445 e. The quantitative estimate of drug-likeness (QED) is 0.686. The van der Waals surface area contributed by atoms with Gasteiger partial charge in [0, 0.05) is 25.6 Å². The van der Waals surface area contributed by atoms with Crippen LogP contribution in [-0.4, -0.2) is 62.8 Å². The smallest absolute Gasteiger partial charge is 0.410 e. The van der Waals surface area contributed by atoms with Crippen LogP contribution in [0, 0.1) is 5.92 Å². The maximum Gasteiger partial charge on any atom is 0.410 e. The first kappa shape index (κ1) is 18.7. The molecule has 1 atom stereocenters. The lowest BCUT2D eigenvalue weighted by atomic mass is 9.99. The number of rotatable bonds is 8. The van der Waals surface area contributed by atoms with E-state index in [1.54, 1.807) is 0 Å². The standard InChI is InChI=1S/C19H30N2O3/c1-20(2)11-7-13-23-15-18-10-6-12-21(14-18)19(22)24-16-17-8-4-3-5-9-17/h3-5,8-9,18H,6-7,10-16H2,1-2H3. The van der Waals surface area contributed by atoms with E-state index in [9.17, 15) is 4.79 Å². The predicted octanol–water partition coefficient (Wildman–Crippen LogP) is 3.00. The lowest BCUT2D eigenvalue weighted by Crippen LogP contribution is -2.41. The fourth-order valence-electron chi connectivity index (χ4n) is 2.91. The van der Waals surface area contributed by atoms with Crippen molar-refractivity contribution in [2.75, 3.05) is 46.9 Å². The number of nitrogens with zero attached hydrogens (tertiary/aromatic N) is 2. The van der Waals surface area contributed by atoms with Crippen LogP contribution in [0.1, 0.15) is 24.8 Å². The Morgan fingerprint density at radius 1 is 1.29 bits per heavy atom. The Hall–Kier alpha value is -1.59. The Kier molecular flexibility index (Phi) is 8.05. The van der Waals surface area contributed by atoms with E-state index >= 15 is 0 Å². The summed E-state index contributed by atoms with van der Waals surface area (Å²) in [6, 6.07) is 9.79. The first-order chi connectivity index (χ1) is 11.6. The van der Waals surface area contributed by atoms with Crippen LogP contribution in [-0.2, 0) is 16.1 Å². The predicted molar refractivity (Wildman–Crippen MR) is 94.9 cm³/mol. The van der Waals surface area contributed by atoms with Gasteiger partial charge in [-0.3, -0.25) is 0 Å². The van der Waals surface area contributed by atoms with Crippen molar-refractivity contribution in [3.05, 3.63) is 35.9 Å². The van der Waals surface area contributed by atoms with Crippen molar-refractivity contribution in [2.45, 2.75) is 25.9 Å². The van der Waals surface area contributed by atoms with Gasteiger partial charge in [-0.05, 0) is 45.5 Å². The van der Waals surface area contributed by atoms with Crippen LogP contribution in [0.15, 0.2) is 30.3 Å². The second-order valence-electron chi connectivity index (χ2n) is 6.73. The topological polar surface area (TPSA) is 42.0 Å². The van der Waals surface area contributed by atoms with Crippen molar-refractivity contribution in [2.24, 2.45) is 5.92 Å². The van der Waals surface area contributed by atoms with Crippen molar-refractivity contribution in [1.29, 1.82) is 0 Å². The van der Waals surface area contributed by atoms with Crippen molar-refractivity contribution >= 4 is 6.09 Å². The molecule has 134 valence electrons. The minimum absolute atomic E-state index is 0.212. The van der Waals surface area contributed by atoms with E-state index < -0.39 is 0 Å². The van der Waals surface area contributed by atoms with Crippen LogP contribution >= 0.6 is 0 Å². The molecule has 1 unspecified atom stereocenters. The normalized spacial score (nSPS) is 18.0. The Balaban J connectivity index is 1.65. The molecule has 1 saturated heterocycles. The highest BCUT2D eigenvalue weighted by Gasteiger charge is 2.24. The van der Waals surface area contributed by atoms with E-state index in [0.717, 1.165) is 57.7 Å². The van der Waals surface area contributed by atoms with Crippen LogP contribution in [0.2, 0.25) is 0 Å². The molecule has 1 aliphatic heterocycles. The average Bonchev–Trinajstić information content (AvgIpc) is 2.60. The third-order valence-electron chi connectivity index (χ3n) is 4.23. The van der Waals surface area contributed by atoms with Gasteiger partial charge in [-0.1, -0.05) is 30.3 Å². The average molecular weight is 334 g/mol. The van der Waals surface area contributed by atoms with Crippen molar-refractivity contribution in [3.63, 3.8) is 0 Å². The number of likely N-dealkylation sites (tertiary alicyclic amines) is 1. The number of ether oxygens (including phenoxy) is 2. The van der Waals surface area contributed by atoms with Gasteiger partial charge in [0.2, 0.25) is 0 Å². The van der Waals surface area contributed by atoms with Gasteiger partial charge in [0.05, 0.1) is 6.61 Å². The van der Waals surface area contributed by atoms with Crippen LogP contribution in [0.25, 0.3) is 0 Å². The summed E-state index contributed by atoms with van der Waals surface area (Å²) < 4.78 is 11.2. The van der Waals surface area contributed by atoms with Crippen molar-refractivity contribution < 1.29 is 14.3 Å². The third kappa shape index (κ3) is 6.89. The molecule has 0 spiro atoms. The summed E-state index contributed by atoms with van der Waals surface area (Å²) in [5.74, 6) is 0.419. The molecular weight excluding hydrogens is 304 g/mol. The molecule has 1 aromatic rings. The van der Waals surface area contributed by atoms with Gasteiger partial charge in [0.1, 0.15) is 6.61 Å². The molecule has 0 N–H and O–H groups in total. The summed E-state index contributed by atoms with van der Waals surface area (Å²) in [6.45, 7) is 4.42. The Morgan fingerprint density at radius 2 is 2.08 bits per heavy atom. The van der Waals surface area contributed by atoms with Crippen LogP contribution in [0.3, 0.4) is 0 Å². The highest BCUT2D eigenvalue weighted by atomic mass is 16.6. The van der Waals surface area contributed by atoms with Crippen LogP contribution < -0.4 is 0 Å². The van der Waals surface area contributed by atoms with Crippen LogP contribution in [0.4, 0.5) is 4.79 Å². The first-order valence-electron chi connectivity index (χ1n) is 8.83. The second kappa shape index (κ2) is 10.3. The number of hydrogen-bond donors (Lipinski definition) is 0. The Labute approximate surface area is 145 Å². The number of amides is 1. The molecule has 2 rings (SSSR count). The fourth-order valence-corrected chi connectivity index (χ4v) is 2.91. The molecule has 0 radical (unpaired) electrons. The number of hydrogen-bond acceptors (Lipinski definition) is 4. The molecular formula is C19H30N2O3. The Morgan fingerprint density at radius 3 is 2.83 bits per heavy atom. The number of carbonyl (C=O) groups is 1. The zero-order valence-electron chi connectivity index (χ0n) is 14.9. The molecule has 1 aliphatic rings. The van der Waals surface area contributed by atoms with E-state index in [-0.39, 0.29) is 6.09 Å². The fraction of sp³-hybridized carbons (Fsp3) is 0.632. The number of carbonyl (C=O) groups excluding carboxylic acids is 1. The Bertz CT molecular complexity index is 479. The lowest BCUT2D eigenvalue weighted by molar-refractivity contribution is 0.0442. The summed E-state index contributed by atoms with van der Waals surface area (Å²) in [5, 5.41) is 0. The van der Waals surface area contributed by atoms with Crippen molar-refractivity contribution in [3.8, 4) is 0 Å². The summed E-state index contributed by atoms with van der Waals surface area (Å²) in [5.41, 5.74) is 1.02. The second-order valence-corrected chi connectivity index (χ2v) is 6.73. The minimum atomic E-state index is -0.212. The van der Waals surface area contributed by atoms with Crippen LogP contribution in [0.5, 0.6) is 0 Å². The summed E-state index contributed by atoms with van der Waals surface area (Å²) >= 11 is 0. The summed E-state index contributed by atoms with van der Waals surface area (Å²) in [4.78, 5) is 16.2. The highest BCUT2D eigenvalue weighted by Crippen LogP contribution is 2.18. The molecule has 5 nitrogen and oxygen atoms in total. The molecule has 5 heteroatoms. The van der Waals surface area contributed by atoms with Gasteiger partial charge in [-0.25, -0.2) is 4.79 Å². The van der Waals surface area contributed by atoms with E-state index in [4.69, 9.17) is 9.47 Å². The SMILES string of the molecule is CN(C)CCCOCC1CCCN(C(=O)OCc2ccccc2)C1. The zero-order chi connectivity index (χ0) is 17.2. The van der Waals surface area contributed by atoms with Gasteiger partial charge in [-0.15, -0.1) is 0 Å².